The number of aromatic nitrogens is 2. The van der Waals surface area contributed by atoms with E-state index in [-0.39, 0.29) is 18.5 Å². The number of hydrogen-bond acceptors (Lipinski definition) is 4. The van der Waals surface area contributed by atoms with Crippen LogP contribution in [0.1, 0.15) is 6.42 Å². The van der Waals surface area contributed by atoms with Gasteiger partial charge in [0.1, 0.15) is 25.1 Å². The summed E-state index contributed by atoms with van der Waals surface area (Å²) in [5.41, 5.74) is 0.688. The summed E-state index contributed by atoms with van der Waals surface area (Å²) in [7, 11) is 2.69. The topological polar surface area (TPSA) is 53.4 Å². The van der Waals surface area contributed by atoms with E-state index in [1.807, 2.05) is 0 Å². The standard InChI is InChI=1S/C18H22F5N5O/c1-24-14-8-27(6-5-12(14)20)17-25-13-4-3-11(19)7-15(13)28(17)9-16(29)26(2)10-18(21,22)23/h3-4,7,12,14,24H,5-6,8-10H2,1-2H3/t12-,14-/m1/s1. The number of carbonyl (C=O) groups is 1. The fraction of sp³-hybridized carbons (Fsp3) is 0.556. The maximum atomic E-state index is 14.0. The third-order valence-electron chi connectivity index (χ3n) is 5.01. The van der Waals surface area contributed by atoms with Gasteiger partial charge in [-0.05, 0) is 31.7 Å². The van der Waals surface area contributed by atoms with E-state index in [4.69, 9.17) is 0 Å². The van der Waals surface area contributed by atoms with Gasteiger partial charge in [-0.1, -0.05) is 0 Å². The molecule has 1 aliphatic heterocycles. The second kappa shape index (κ2) is 8.13. The molecule has 2 heterocycles. The maximum absolute atomic E-state index is 14.0. The lowest BCUT2D eigenvalue weighted by atomic mass is 10.0. The fourth-order valence-electron chi connectivity index (χ4n) is 3.47. The minimum Gasteiger partial charge on any atom is -0.340 e. The van der Waals surface area contributed by atoms with Crippen LogP contribution in [0.2, 0.25) is 0 Å². The first kappa shape index (κ1) is 21.3. The summed E-state index contributed by atoms with van der Waals surface area (Å²) in [5.74, 6) is -1.05. The molecule has 29 heavy (non-hydrogen) atoms. The minimum absolute atomic E-state index is 0.227. The Labute approximate surface area is 164 Å². The van der Waals surface area contributed by atoms with Crippen LogP contribution in [-0.2, 0) is 11.3 Å². The molecule has 0 bridgehead atoms. The molecule has 160 valence electrons. The average molecular weight is 419 g/mol. The molecular formula is C18H22F5N5O. The van der Waals surface area contributed by atoms with Crippen LogP contribution in [0.15, 0.2) is 18.2 Å². The van der Waals surface area contributed by atoms with E-state index in [9.17, 15) is 26.7 Å². The van der Waals surface area contributed by atoms with E-state index < -0.39 is 43.2 Å². The monoisotopic (exact) mass is 419 g/mol. The smallest absolute Gasteiger partial charge is 0.340 e. The first-order chi connectivity index (χ1) is 13.6. The zero-order chi connectivity index (χ0) is 21.3. The molecule has 11 heteroatoms. The van der Waals surface area contributed by atoms with Gasteiger partial charge in [0.05, 0.1) is 17.1 Å². The molecule has 1 N–H and O–H groups in total. The number of halogens is 5. The Bertz CT molecular complexity index is 883. The van der Waals surface area contributed by atoms with Gasteiger partial charge in [0.15, 0.2) is 0 Å². The quantitative estimate of drug-likeness (QED) is 0.756. The molecule has 0 aliphatic carbocycles. The van der Waals surface area contributed by atoms with E-state index in [1.54, 1.807) is 11.9 Å². The average Bonchev–Trinajstić information content (AvgIpc) is 2.98. The number of piperidine rings is 1. The van der Waals surface area contributed by atoms with Gasteiger partial charge < -0.3 is 19.7 Å². The number of alkyl halides is 4. The summed E-state index contributed by atoms with van der Waals surface area (Å²) >= 11 is 0. The molecule has 1 aromatic heterocycles. The second-order valence-corrected chi connectivity index (χ2v) is 7.14. The van der Waals surface area contributed by atoms with Crippen LogP contribution in [0.4, 0.5) is 27.9 Å². The molecule has 1 saturated heterocycles. The number of benzene rings is 1. The van der Waals surface area contributed by atoms with Crippen molar-refractivity contribution in [3.63, 3.8) is 0 Å². The number of amides is 1. The van der Waals surface area contributed by atoms with Gasteiger partial charge >= 0.3 is 6.18 Å². The molecular weight excluding hydrogens is 397 g/mol. The normalized spacial score (nSPS) is 20.3. The van der Waals surface area contributed by atoms with Crippen LogP contribution in [0.25, 0.3) is 11.0 Å². The number of imidazole rings is 1. The highest BCUT2D eigenvalue weighted by Gasteiger charge is 2.33. The largest absolute Gasteiger partial charge is 0.406 e. The fourth-order valence-corrected chi connectivity index (χ4v) is 3.47. The van der Waals surface area contributed by atoms with E-state index in [1.165, 1.54) is 22.8 Å². The Morgan fingerprint density at radius 3 is 2.76 bits per heavy atom. The molecule has 2 aromatic rings. The Morgan fingerprint density at radius 2 is 2.10 bits per heavy atom. The molecule has 0 unspecified atom stereocenters. The molecule has 3 rings (SSSR count). The lowest BCUT2D eigenvalue weighted by Gasteiger charge is -2.35. The lowest BCUT2D eigenvalue weighted by molar-refractivity contribution is -0.158. The summed E-state index contributed by atoms with van der Waals surface area (Å²) in [4.78, 5) is 19.2. The van der Waals surface area contributed by atoms with Crippen LogP contribution in [-0.4, -0.2) is 72.5 Å². The lowest BCUT2D eigenvalue weighted by Crippen LogP contribution is -2.52. The second-order valence-electron chi connectivity index (χ2n) is 7.14. The zero-order valence-electron chi connectivity index (χ0n) is 16.0. The minimum atomic E-state index is -4.53. The number of nitrogens with zero attached hydrogens (tertiary/aromatic N) is 4. The van der Waals surface area contributed by atoms with Gasteiger partial charge in [-0.15, -0.1) is 0 Å². The van der Waals surface area contributed by atoms with E-state index in [0.29, 0.717) is 22.9 Å². The Morgan fingerprint density at radius 1 is 1.38 bits per heavy atom. The maximum Gasteiger partial charge on any atom is 0.406 e. The van der Waals surface area contributed by atoms with Crippen molar-refractivity contribution in [2.24, 2.45) is 0 Å². The summed E-state index contributed by atoms with van der Waals surface area (Å²) in [5, 5.41) is 2.89. The summed E-state index contributed by atoms with van der Waals surface area (Å²) < 4.78 is 67.1. The van der Waals surface area contributed by atoms with Gasteiger partial charge in [-0.2, -0.15) is 13.2 Å². The molecule has 0 saturated carbocycles. The third-order valence-corrected chi connectivity index (χ3v) is 5.01. The molecule has 1 aliphatic rings. The first-order valence-corrected chi connectivity index (χ1v) is 9.12. The third kappa shape index (κ3) is 4.77. The number of anilines is 1. The molecule has 0 spiro atoms. The number of fused-ring (bicyclic) bond motifs is 1. The highest BCUT2D eigenvalue weighted by atomic mass is 19.4. The Hall–Kier alpha value is -2.43. The van der Waals surface area contributed by atoms with Crippen molar-refractivity contribution in [1.82, 2.24) is 19.8 Å². The molecule has 1 amide bonds. The van der Waals surface area contributed by atoms with E-state index >= 15 is 0 Å². The van der Waals surface area contributed by atoms with Crippen molar-refractivity contribution in [3.8, 4) is 0 Å². The van der Waals surface area contributed by atoms with Gasteiger partial charge in [0.2, 0.25) is 11.9 Å². The predicted molar refractivity (Wildman–Crippen MR) is 98.0 cm³/mol. The number of likely N-dealkylation sites (N-methyl/N-ethyl adjacent to an activating group) is 2. The van der Waals surface area contributed by atoms with Crippen LogP contribution < -0.4 is 10.2 Å². The zero-order valence-corrected chi connectivity index (χ0v) is 16.0. The number of hydrogen-bond donors (Lipinski definition) is 1. The van der Waals surface area contributed by atoms with Crippen molar-refractivity contribution in [3.05, 3.63) is 24.0 Å². The van der Waals surface area contributed by atoms with Crippen molar-refractivity contribution < 1.29 is 26.7 Å². The van der Waals surface area contributed by atoms with Crippen molar-refractivity contribution in [2.75, 3.05) is 38.6 Å². The molecule has 1 aromatic carbocycles. The molecule has 0 radical (unpaired) electrons. The van der Waals surface area contributed by atoms with Crippen molar-refractivity contribution >= 4 is 22.9 Å². The summed E-state index contributed by atoms with van der Waals surface area (Å²) in [6.07, 6.45) is -5.35. The predicted octanol–water partition coefficient (Wildman–Crippen LogP) is 2.33. The SMILES string of the molecule is CN[C@@H]1CN(c2nc3ccc(F)cc3n2CC(=O)N(C)CC(F)(F)F)CC[C@H]1F. The summed E-state index contributed by atoms with van der Waals surface area (Å²) in [6, 6.07) is 3.37. The number of nitrogens with one attached hydrogen (secondary N) is 1. The van der Waals surface area contributed by atoms with E-state index in [2.05, 4.69) is 10.3 Å². The van der Waals surface area contributed by atoms with Gasteiger partial charge in [0.25, 0.3) is 0 Å². The van der Waals surface area contributed by atoms with Crippen LogP contribution in [0, 0.1) is 5.82 Å². The molecule has 1 fully saturated rings. The van der Waals surface area contributed by atoms with Gasteiger partial charge in [-0.25, -0.2) is 13.8 Å². The van der Waals surface area contributed by atoms with Crippen LogP contribution in [0.3, 0.4) is 0 Å². The molecule has 6 nitrogen and oxygen atoms in total. The van der Waals surface area contributed by atoms with Crippen molar-refractivity contribution in [2.45, 2.75) is 31.4 Å². The Balaban J connectivity index is 1.95. The number of rotatable bonds is 5. The first-order valence-electron chi connectivity index (χ1n) is 9.12. The van der Waals surface area contributed by atoms with Gasteiger partial charge in [-0.3, -0.25) is 4.79 Å². The Kier molecular flexibility index (Phi) is 5.97. The van der Waals surface area contributed by atoms with Gasteiger partial charge in [0, 0.05) is 20.1 Å². The molecule has 2 atom stereocenters. The summed E-state index contributed by atoms with van der Waals surface area (Å²) in [6.45, 7) is -1.26. The highest BCUT2D eigenvalue weighted by Crippen LogP contribution is 2.27. The highest BCUT2D eigenvalue weighted by molar-refractivity contribution is 5.83. The van der Waals surface area contributed by atoms with Crippen LogP contribution >= 0.6 is 0 Å². The number of carbonyl (C=O) groups excluding carboxylic acids is 1. The van der Waals surface area contributed by atoms with Crippen molar-refractivity contribution in [1.29, 1.82) is 0 Å². The van der Waals surface area contributed by atoms with E-state index in [0.717, 1.165) is 7.05 Å². The van der Waals surface area contributed by atoms with Crippen LogP contribution in [0.5, 0.6) is 0 Å².